The number of nitrogens with zero attached hydrogens (tertiary/aromatic N) is 3. The molecule has 1 amide bonds. The van der Waals surface area contributed by atoms with Crippen molar-refractivity contribution in [3.05, 3.63) is 17.8 Å². The number of nitrogens with two attached hydrogens (primary N) is 1. The predicted molar refractivity (Wildman–Crippen MR) is 60.8 cm³/mol. The molecule has 2 N–H and O–H groups in total. The molecule has 2 rings (SSSR count). The molecule has 16 heavy (non-hydrogen) atoms. The molecule has 1 aromatic rings. The van der Waals surface area contributed by atoms with Crippen molar-refractivity contribution >= 4 is 11.7 Å². The first-order valence-corrected chi connectivity index (χ1v) is 5.55. The maximum absolute atomic E-state index is 12.0. The van der Waals surface area contributed by atoms with Crippen molar-refractivity contribution in [2.75, 3.05) is 12.8 Å². The molecule has 1 aromatic heterocycles. The lowest BCUT2D eigenvalue weighted by Crippen LogP contribution is -2.35. The number of nitrogen functional groups attached to an aromatic ring is 1. The fourth-order valence-corrected chi connectivity index (χ4v) is 2.09. The first kappa shape index (κ1) is 10.9. The molecule has 5 heteroatoms. The smallest absolute Gasteiger partial charge is 0.274 e. The van der Waals surface area contributed by atoms with Gasteiger partial charge in [-0.1, -0.05) is 12.8 Å². The molecule has 1 fully saturated rings. The van der Waals surface area contributed by atoms with Crippen molar-refractivity contribution in [1.82, 2.24) is 15.1 Å². The number of carbonyl (C=O) groups is 1. The lowest BCUT2D eigenvalue weighted by Gasteiger charge is -2.23. The van der Waals surface area contributed by atoms with Gasteiger partial charge in [0.25, 0.3) is 5.91 Å². The van der Waals surface area contributed by atoms with Crippen molar-refractivity contribution in [1.29, 1.82) is 0 Å². The van der Waals surface area contributed by atoms with E-state index in [4.69, 9.17) is 5.73 Å². The molecule has 0 saturated heterocycles. The van der Waals surface area contributed by atoms with E-state index in [9.17, 15) is 4.79 Å². The summed E-state index contributed by atoms with van der Waals surface area (Å²) in [6.45, 7) is 0. The Morgan fingerprint density at radius 3 is 2.62 bits per heavy atom. The van der Waals surface area contributed by atoms with Gasteiger partial charge in [-0.2, -0.15) is 0 Å². The SMILES string of the molecule is CN(C(=O)c1ccc(N)nn1)C1CCCC1. The highest BCUT2D eigenvalue weighted by Crippen LogP contribution is 2.23. The Bertz CT molecular complexity index is 370. The third-order valence-electron chi connectivity index (χ3n) is 3.10. The van der Waals surface area contributed by atoms with Gasteiger partial charge in [0.05, 0.1) is 0 Å². The molecule has 86 valence electrons. The molecule has 1 saturated carbocycles. The Kier molecular flexibility index (Phi) is 3.03. The van der Waals surface area contributed by atoms with Crippen LogP contribution >= 0.6 is 0 Å². The van der Waals surface area contributed by atoms with E-state index in [1.165, 1.54) is 12.8 Å². The van der Waals surface area contributed by atoms with Gasteiger partial charge >= 0.3 is 0 Å². The highest BCUT2D eigenvalue weighted by Gasteiger charge is 2.24. The summed E-state index contributed by atoms with van der Waals surface area (Å²) in [5, 5.41) is 7.49. The minimum atomic E-state index is -0.0700. The van der Waals surface area contributed by atoms with Gasteiger partial charge < -0.3 is 10.6 Å². The van der Waals surface area contributed by atoms with Crippen LogP contribution in [0.3, 0.4) is 0 Å². The van der Waals surface area contributed by atoms with Crippen LogP contribution in [0.4, 0.5) is 5.82 Å². The maximum atomic E-state index is 12.0. The van der Waals surface area contributed by atoms with E-state index >= 15 is 0 Å². The molecular weight excluding hydrogens is 204 g/mol. The second-order valence-corrected chi connectivity index (χ2v) is 4.20. The normalized spacial score (nSPS) is 16.3. The number of rotatable bonds is 2. The Hall–Kier alpha value is -1.65. The zero-order valence-electron chi connectivity index (χ0n) is 9.39. The van der Waals surface area contributed by atoms with E-state index in [0.29, 0.717) is 17.6 Å². The van der Waals surface area contributed by atoms with Crippen molar-refractivity contribution in [3.8, 4) is 0 Å². The van der Waals surface area contributed by atoms with Gasteiger partial charge in [-0.25, -0.2) is 0 Å². The van der Waals surface area contributed by atoms with Gasteiger partial charge in [0, 0.05) is 13.1 Å². The minimum absolute atomic E-state index is 0.0700. The highest BCUT2D eigenvalue weighted by atomic mass is 16.2. The average Bonchev–Trinajstić information content (AvgIpc) is 2.81. The molecule has 0 radical (unpaired) electrons. The van der Waals surface area contributed by atoms with Crippen LogP contribution in [-0.4, -0.2) is 34.1 Å². The minimum Gasteiger partial charge on any atom is -0.382 e. The summed E-state index contributed by atoms with van der Waals surface area (Å²) in [7, 11) is 1.83. The Labute approximate surface area is 94.6 Å². The average molecular weight is 220 g/mol. The molecule has 0 spiro atoms. The Balaban J connectivity index is 2.08. The number of carbonyl (C=O) groups excluding carboxylic acids is 1. The van der Waals surface area contributed by atoms with Gasteiger partial charge in [-0.05, 0) is 25.0 Å². The number of aromatic nitrogens is 2. The van der Waals surface area contributed by atoms with Gasteiger partial charge in [-0.3, -0.25) is 4.79 Å². The van der Waals surface area contributed by atoms with Crippen molar-refractivity contribution in [2.24, 2.45) is 0 Å². The Morgan fingerprint density at radius 2 is 2.06 bits per heavy atom. The summed E-state index contributed by atoms with van der Waals surface area (Å²) in [5.74, 6) is 0.263. The molecule has 0 unspecified atom stereocenters. The van der Waals surface area contributed by atoms with E-state index in [-0.39, 0.29) is 5.91 Å². The highest BCUT2D eigenvalue weighted by molar-refractivity contribution is 5.92. The lowest BCUT2D eigenvalue weighted by atomic mass is 10.2. The number of anilines is 1. The number of hydrogen-bond donors (Lipinski definition) is 1. The van der Waals surface area contributed by atoms with Gasteiger partial charge in [0.1, 0.15) is 5.82 Å². The summed E-state index contributed by atoms with van der Waals surface area (Å²) < 4.78 is 0. The molecule has 0 bridgehead atoms. The lowest BCUT2D eigenvalue weighted by molar-refractivity contribution is 0.0728. The third-order valence-corrected chi connectivity index (χ3v) is 3.10. The maximum Gasteiger partial charge on any atom is 0.274 e. The van der Waals surface area contributed by atoms with E-state index in [1.807, 2.05) is 7.05 Å². The second kappa shape index (κ2) is 4.47. The standard InChI is InChI=1S/C11H16N4O/c1-15(8-4-2-3-5-8)11(16)9-6-7-10(12)14-13-9/h6-8H,2-5H2,1H3,(H2,12,14). The van der Waals surface area contributed by atoms with E-state index in [1.54, 1.807) is 17.0 Å². The van der Waals surface area contributed by atoms with Crippen molar-refractivity contribution in [3.63, 3.8) is 0 Å². The second-order valence-electron chi connectivity index (χ2n) is 4.20. The van der Waals surface area contributed by atoms with Gasteiger partial charge in [0.2, 0.25) is 0 Å². The zero-order chi connectivity index (χ0) is 11.5. The van der Waals surface area contributed by atoms with Crippen LogP contribution in [0.25, 0.3) is 0 Å². The summed E-state index contributed by atoms with van der Waals surface area (Å²) in [6, 6.07) is 3.57. The quantitative estimate of drug-likeness (QED) is 0.809. The molecule has 0 aliphatic heterocycles. The first-order valence-electron chi connectivity index (χ1n) is 5.55. The van der Waals surface area contributed by atoms with Crippen LogP contribution in [0, 0.1) is 0 Å². The number of amides is 1. The molecule has 1 aliphatic carbocycles. The van der Waals surface area contributed by atoms with Gasteiger partial charge in [0.15, 0.2) is 5.69 Å². The van der Waals surface area contributed by atoms with E-state index < -0.39 is 0 Å². The summed E-state index contributed by atoms with van der Waals surface area (Å²) in [6.07, 6.45) is 4.58. The van der Waals surface area contributed by atoms with Crippen LogP contribution in [-0.2, 0) is 0 Å². The largest absolute Gasteiger partial charge is 0.382 e. The fourth-order valence-electron chi connectivity index (χ4n) is 2.09. The van der Waals surface area contributed by atoms with Crippen LogP contribution in [0.5, 0.6) is 0 Å². The predicted octanol–water partition coefficient (Wildman–Crippen LogP) is 1.07. The fraction of sp³-hybridized carbons (Fsp3) is 0.545. The molecular formula is C11H16N4O. The van der Waals surface area contributed by atoms with Gasteiger partial charge in [-0.15, -0.1) is 10.2 Å². The molecule has 1 aliphatic rings. The summed E-state index contributed by atoms with van der Waals surface area (Å²) >= 11 is 0. The first-order chi connectivity index (χ1) is 7.68. The van der Waals surface area contributed by atoms with E-state index in [2.05, 4.69) is 10.2 Å². The third kappa shape index (κ3) is 2.13. The van der Waals surface area contributed by atoms with Crippen LogP contribution in [0.1, 0.15) is 36.2 Å². The molecule has 0 aromatic carbocycles. The summed E-state index contributed by atoms with van der Waals surface area (Å²) in [4.78, 5) is 13.8. The summed E-state index contributed by atoms with van der Waals surface area (Å²) in [5.41, 5.74) is 5.79. The molecule has 5 nitrogen and oxygen atoms in total. The van der Waals surface area contributed by atoms with E-state index in [0.717, 1.165) is 12.8 Å². The number of hydrogen-bond acceptors (Lipinski definition) is 4. The molecule has 0 atom stereocenters. The van der Waals surface area contributed by atoms with Crippen molar-refractivity contribution in [2.45, 2.75) is 31.7 Å². The topological polar surface area (TPSA) is 72.1 Å². The van der Waals surface area contributed by atoms with Crippen LogP contribution in [0.2, 0.25) is 0 Å². The molecule has 1 heterocycles. The van der Waals surface area contributed by atoms with Crippen LogP contribution < -0.4 is 5.73 Å². The Morgan fingerprint density at radius 1 is 1.38 bits per heavy atom. The van der Waals surface area contributed by atoms with Crippen LogP contribution in [0.15, 0.2) is 12.1 Å². The monoisotopic (exact) mass is 220 g/mol. The zero-order valence-corrected chi connectivity index (χ0v) is 9.39. The van der Waals surface area contributed by atoms with Crippen molar-refractivity contribution < 1.29 is 4.79 Å².